The van der Waals surface area contributed by atoms with Crippen molar-refractivity contribution in [2.75, 3.05) is 27.9 Å². The topological polar surface area (TPSA) is 74.3 Å². The van der Waals surface area contributed by atoms with E-state index in [4.69, 9.17) is 18.9 Å². The van der Waals surface area contributed by atoms with Crippen LogP contribution in [0.25, 0.3) is 0 Å². The molecule has 0 aromatic carbocycles. The lowest BCUT2D eigenvalue weighted by atomic mass is 9.94. The van der Waals surface area contributed by atoms with Gasteiger partial charge in [-0.2, -0.15) is 0 Å². The molecule has 1 saturated heterocycles. The van der Waals surface area contributed by atoms with Crippen LogP contribution in [0.5, 0.6) is 0 Å². The summed E-state index contributed by atoms with van der Waals surface area (Å²) < 4.78 is 20.7. The van der Waals surface area contributed by atoms with Crippen LogP contribution in [0, 0.1) is 11.8 Å². The molecule has 0 saturated carbocycles. The molecule has 124 valence electrons. The lowest BCUT2D eigenvalue weighted by Gasteiger charge is -2.37. The first-order valence-electron chi connectivity index (χ1n) is 7.35. The lowest BCUT2D eigenvalue weighted by Crippen LogP contribution is -2.50. The third-order valence-electron chi connectivity index (χ3n) is 4.31. The minimum Gasteiger partial charge on any atom is -0.466 e. The third kappa shape index (κ3) is 2.83. The Kier molecular flexibility index (Phi) is 5.42. The van der Waals surface area contributed by atoms with Crippen molar-refractivity contribution >= 4 is 12.1 Å². The van der Waals surface area contributed by atoms with E-state index in [2.05, 4.69) is 0 Å². The lowest BCUT2D eigenvalue weighted by molar-refractivity contribution is -0.148. The average molecular weight is 313 g/mol. The first-order chi connectivity index (χ1) is 10.6. The highest BCUT2D eigenvalue weighted by atomic mass is 16.7. The molecule has 1 fully saturated rings. The van der Waals surface area contributed by atoms with Crippen molar-refractivity contribution in [1.82, 2.24) is 4.90 Å². The molecule has 1 amide bonds. The second-order valence-corrected chi connectivity index (χ2v) is 5.33. The number of ether oxygens (including phenoxy) is 4. The first kappa shape index (κ1) is 16.8. The van der Waals surface area contributed by atoms with Gasteiger partial charge in [-0.3, -0.25) is 9.69 Å². The second-order valence-electron chi connectivity index (χ2n) is 5.33. The molecular formula is C15H23NO6. The molecule has 2 rings (SSSR count). The second kappa shape index (κ2) is 7.11. The van der Waals surface area contributed by atoms with Crippen LogP contribution in [0.15, 0.2) is 12.2 Å². The summed E-state index contributed by atoms with van der Waals surface area (Å²) in [6.45, 7) is 2.08. The SMILES string of the molecule is CCOC(=O)[C@H]1C[C@H]2[C@H](C(OC)OC)C=C[C@@H]1N2C(=O)OC. The van der Waals surface area contributed by atoms with E-state index < -0.39 is 12.4 Å². The van der Waals surface area contributed by atoms with Gasteiger partial charge in [0, 0.05) is 26.2 Å². The van der Waals surface area contributed by atoms with Crippen LogP contribution in [-0.2, 0) is 23.7 Å². The van der Waals surface area contributed by atoms with Crippen LogP contribution in [0.2, 0.25) is 0 Å². The van der Waals surface area contributed by atoms with Crippen LogP contribution in [-0.4, -0.2) is 63.3 Å². The van der Waals surface area contributed by atoms with Crippen molar-refractivity contribution in [1.29, 1.82) is 0 Å². The van der Waals surface area contributed by atoms with Crippen LogP contribution in [0.1, 0.15) is 13.3 Å². The van der Waals surface area contributed by atoms with Crippen molar-refractivity contribution in [3.8, 4) is 0 Å². The molecule has 7 heteroatoms. The summed E-state index contributed by atoms with van der Waals surface area (Å²) in [5.41, 5.74) is 0. The number of hydrogen-bond donors (Lipinski definition) is 0. The van der Waals surface area contributed by atoms with Crippen molar-refractivity contribution in [2.24, 2.45) is 11.8 Å². The van der Waals surface area contributed by atoms with E-state index >= 15 is 0 Å². The maximum atomic E-state index is 12.2. The maximum Gasteiger partial charge on any atom is 0.410 e. The Labute approximate surface area is 130 Å². The molecule has 0 N–H and O–H groups in total. The van der Waals surface area contributed by atoms with Crippen molar-refractivity contribution < 1.29 is 28.5 Å². The Balaban J connectivity index is 2.29. The van der Waals surface area contributed by atoms with Gasteiger partial charge in [0.1, 0.15) is 0 Å². The number of nitrogens with zero attached hydrogens (tertiary/aromatic N) is 1. The van der Waals surface area contributed by atoms with Gasteiger partial charge in [0.25, 0.3) is 0 Å². The van der Waals surface area contributed by atoms with E-state index in [1.165, 1.54) is 7.11 Å². The Morgan fingerprint density at radius 3 is 2.45 bits per heavy atom. The van der Waals surface area contributed by atoms with E-state index in [-0.39, 0.29) is 29.9 Å². The molecule has 0 spiro atoms. The molecule has 0 aliphatic carbocycles. The normalized spacial score (nSPS) is 29.8. The first-order valence-corrected chi connectivity index (χ1v) is 7.35. The summed E-state index contributed by atoms with van der Waals surface area (Å²) in [4.78, 5) is 25.9. The standard InChI is InChI=1S/C15H23NO6/c1-5-22-13(17)10-8-12-9(14(19-2)20-3)6-7-11(10)16(12)15(18)21-4/h6-7,9-12,14H,5,8H2,1-4H3/t9-,10+,11+,12+/m1/s1. The van der Waals surface area contributed by atoms with Crippen molar-refractivity contribution in [3.05, 3.63) is 12.2 Å². The molecule has 0 aromatic rings. The monoisotopic (exact) mass is 313 g/mol. The molecule has 4 atom stereocenters. The molecule has 22 heavy (non-hydrogen) atoms. The Bertz CT molecular complexity index is 447. The Morgan fingerprint density at radius 2 is 1.91 bits per heavy atom. The fourth-order valence-electron chi connectivity index (χ4n) is 3.40. The molecule has 2 bridgehead atoms. The number of rotatable bonds is 5. The number of fused-ring (bicyclic) bond motifs is 2. The molecule has 0 unspecified atom stereocenters. The summed E-state index contributed by atoms with van der Waals surface area (Å²) in [6, 6.07) is -0.566. The van der Waals surface area contributed by atoms with Gasteiger partial charge in [-0.15, -0.1) is 0 Å². The van der Waals surface area contributed by atoms with Gasteiger partial charge in [0.15, 0.2) is 6.29 Å². The van der Waals surface area contributed by atoms with Gasteiger partial charge in [-0.25, -0.2) is 4.79 Å². The minimum atomic E-state index is -0.490. The highest BCUT2D eigenvalue weighted by molar-refractivity contribution is 5.78. The van der Waals surface area contributed by atoms with Crippen molar-refractivity contribution in [2.45, 2.75) is 31.7 Å². The number of methoxy groups -OCH3 is 3. The molecule has 2 heterocycles. The smallest absolute Gasteiger partial charge is 0.410 e. The van der Waals surface area contributed by atoms with Gasteiger partial charge < -0.3 is 18.9 Å². The molecule has 7 nitrogen and oxygen atoms in total. The number of esters is 1. The minimum absolute atomic E-state index is 0.162. The van der Waals surface area contributed by atoms with E-state index in [0.717, 1.165) is 0 Å². The fourth-order valence-corrected chi connectivity index (χ4v) is 3.40. The molecule has 2 aliphatic heterocycles. The number of carbonyl (C=O) groups is 2. The summed E-state index contributed by atoms with van der Waals surface area (Å²) in [5.74, 6) is -0.843. The van der Waals surface area contributed by atoms with Crippen LogP contribution in [0.3, 0.4) is 0 Å². The van der Waals surface area contributed by atoms with Crippen molar-refractivity contribution in [3.63, 3.8) is 0 Å². The van der Waals surface area contributed by atoms with Gasteiger partial charge in [0.2, 0.25) is 0 Å². The van der Waals surface area contributed by atoms with E-state index in [1.807, 2.05) is 12.2 Å². The number of amides is 1. The largest absolute Gasteiger partial charge is 0.466 e. The predicted octanol–water partition coefficient (Wildman–Crippen LogP) is 1.18. The van der Waals surface area contributed by atoms with E-state index in [9.17, 15) is 9.59 Å². The zero-order valence-corrected chi connectivity index (χ0v) is 13.4. The Hall–Kier alpha value is -1.60. The van der Waals surface area contributed by atoms with E-state index in [0.29, 0.717) is 13.0 Å². The number of carbonyl (C=O) groups excluding carboxylic acids is 2. The quantitative estimate of drug-likeness (QED) is 0.431. The zero-order valence-electron chi connectivity index (χ0n) is 13.4. The predicted molar refractivity (Wildman–Crippen MR) is 77.0 cm³/mol. The van der Waals surface area contributed by atoms with Gasteiger partial charge in [-0.05, 0) is 13.3 Å². The summed E-state index contributed by atoms with van der Waals surface area (Å²) >= 11 is 0. The zero-order chi connectivity index (χ0) is 16.3. The van der Waals surface area contributed by atoms with Crippen LogP contribution in [0.4, 0.5) is 4.79 Å². The van der Waals surface area contributed by atoms with Crippen LogP contribution >= 0.6 is 0 Å². The highest BCUT2D eigenvalue weighted by Gasteiger charge is 2.53. The highest BCUT2D eigenvalue weighted by Crippen LogP contribution is 2.41. The van der Waals surface area contributed by atoms with E-state index in [1.54, 1.807) is 26.0 Å². The molecular weight excluding hydrogens is 290 g/mol. The number of hydrogen-bond acceptors (Lipinski definition) is 6. The molecule has 2 aliphatic rings. The van der Waals surface area contributed by atoms with Gasteiger partial charge >= 0.3 is 12.1 Å². The summed E-state index contributed by atoms with van der Waals surface area (Å²) in [6.07, 6.45) is 3.35. The van der Waals surface area contributed by atoms with Gasteiger partial charge in [0.05, 0.1) is 25.7 Å². The summed E-state index contributed by atoms with van der Waals surface area (Å²) in [5, 5.41) is 0. The van der Waals surface area contributed by atoms with Gasteiger partial charge in [-0.1, -0.05) is 12.2 Å². The maximum absolute atomic E-state index is 12.2. The third-order valence-corrected chi connectivity index (χ3v) is 4.31. The van der Waals surface area contributed by atoms with Crippen LogP contribution < -0.4 is 0 Å². The Morgan fingerprint density at radius 1 is 1.23 bits per heavy atom. The molecule has 0 radical (unpaired) electrons. The average Bonchev–Trinajstić information content (AvgIpc) is 2.80. The fraction of sp³-hybridized carbons (Fsp3) is 0.733. The summed E-state index contributed by atoms with van der Waals surface area (Å²) in [7, 11) is 4.43. The molecule has 0 aromatic heterocycles.